The number of carbonyl (C=O) groups is 3. The average molecular weight is 760 g/mol. The number of nitrogens with zero attached hydrogens (tertiary/aromatic N) is 2. The second-order valence-electron chi connectivity index (χ2n) is 15.2. The molecule has 0 spiro atoms. The number of unbranched alkanes of at least 4 members (excludes halogenated alkanes) is 4. The van der Waals surface area contributed by atoms with Crippen LogP contribution >= 0.6 is 11.3 Å². The minimum absolute atomic E-state index is 0.0551. The van der Waals surface area contributed by atoms with Gasteiger partial charge in [0.25, 0.3) is 0 Å². The number of benzene rings is 3. The molecule has 2 unspecified atom stereocenters. The Kier molecular flexibility index (Phi) is 14.5. The maximum absolute atomic E-state index is 13.9. The highest BCUT2D eigenvalue weighted by atomic mass is 32.1. The van der Waals surface area contributed by atoms with Crippen LogP contribution in [-0.2, 0) is 21.4 Å². The summed E-state index contributed by atoms with van der Waals surface area (Å²) in [6.07, 6.45) is 9.80. The van der Waals surface area contributed by atoms with E-state index in [1.807, 2.05) is 91.0 Å². The third-order valence-electron chi connectivity index (χ3n) is 9.86. The molecule has 3 atom stereocenters. The van der Waals surface area contributed by atoms with Crippen LogP contribution in [-0.4, -0.2) is 45.4 Å². The maximum atomic E-state index is 13.9. The molecule has 2 aromatic heterocycles. The molecule has 0 aliphatic carbocycles. The number of aromatic nitrogens is 2. The van der Waals surface area contributed by atoms with Crippen molar-refractivity contribution >= 4 is 29.0 Å². The SMILES string of the molecule is CCCCCCCOc1ccc(-c2cnc(-c3ccc(C[C@H](CC(=O)c4ccc(C(C)(C)C)s4)C(=O)NC(C(=O)O)C(C)c4ccccc4)cc3)nc2)cc1. The summed E-state index contributed by atoms with van der Waals surface area (Å²) in [6.45, 7) is 11.0. The van der Waals surface area contributed by atoms with Gasteiger partial charge in [-0.1, -0.05) is 127 Å². The van der Waals surface area contributed by atoms with Gasteiger partial charge < -0.3 is 15.2 Å². The fraction of sp³-hybridized carbons (Fsp3) is 0.370. The molecule has 2 heterocycles. The Morgan fingerprint density at radius 1 is 0.800 bits per heavy atom. The first-order chi connectivity index (χ1) is 26.4. The maximum Gasteiger partial charge on any atom is 0.326 e. The molecule has 1 amide bonds. The number of thiophene rings is 1. The normalized spacial score (nSPS) is 13.1. The largest absolute Gasteiger partial charge is 0.494 e. The number of carbonyl (C=O) groups excluding carboxylic acids is 2. The van der Waals surface area contributed by atoms with Crippen molar-refractivity contribution in [2.24, 2.45) is 5.92 Å². The van der Waals surface area contributed by atoms with Gasteiger partial charge in [0.15, 0.2) is 11.6 Å². The molecule has 0 fully saturated rings. The zero-order chi connectivity index (χ0) is 39.4. The van der Waals surface area contributed by atoms with Crippen molar-refractivity contribution in [2.75, 3.05) is 6.61 Å². The van der Waals surface area contributed by atoms with Crippen molar-refractivity contribution in [2.45, 2.75) is 96.9 Å². The lowest BCUT2D eigenvalue weighted by Gasteiger charge is -2.25. The van der Waals surface area contributed by atoms with Gasteiger partial charge in [-0.2, -0.15) is 0 Å². The Balaban J connectivity index is 1.27. The van der Waals surface area contributed by atoms with Gasteiger partial charge in [-0.25, -0.2) is 14.8 Å². The molecule has 0 bridgehead atoms. The number of ether oxygens (including phenoxy) is 1. The van der Waals surface area contributed by atoms with Gasteiger partial charge in [0, 0.05) is 46.7 Å². The number of hydrogen-bond acceptors (Lipinski definition) is 7. The number of rotatable bonds is 19. The highest BCUT2D eigenvalue weighted by molar-refractivity contribution is 7.14. The zero-order valence-corrected chi connectivity index (χ0v) is 33.4. The number of ketones is 1. The molecule has 0 radical (unpaired) electrons. The van der Waals surface area contributed by atoms with Crippen molar-refractivity contribution < 1.29 is 24.2 Å². The fourth-order valence-corrected chi connectivity index (χ4v) is 7.45. The van der Waals surface area contributed by atoms with E-state index in [-0.39, 0.29) is 24.0 Å². The monoisotopic (exact) mass is 759 g/mol. The van der Waals surface area contributed by atoms with E-state index >= 15 is 0 Å². The first-order valence-corrected chi connectivity index (χ1v) is 20.1. The molecule has 5 rings (SSSR count). The van der Waals surface area contributed by atoms with Crippen LogP contribution in [0.2, 0.25) is 0 Å². The smallest absolute Gasteiger partial charge is 0.326 e. The minimum atomic E-state index is -1.17. The molecule has 0 aliphatic heterocycles. The van der Waals surface area contributed by atoms with Crippen molar-refractivity contribution in [3.8, 4) is 28.3 Å². The first-order valence-electron chi connectivity index (χ1n) is 19.3. The number of carboxylic acid groups (broad SMARTS) is 1. The fourth-order valence-electron chi connectivity index (χ4n) is 6.43. The van der Waals surface area contributed by atoms with E-state index in [0.717, 1.165) is 51.5 Å². The van der Waals surface area contributed by atoms with Crippen molar-refractivity contribution in [3.05, 3.63) is 124 Å². The molecule has 0 aliphatic rings. The Labute approximate surface area is 329 Å². The van der Waals surface area contributed by atoms with E-state index in [0.29, 0.717) is 10.7 Å². The van der Waals surface area contributed by atoms with Crippen LogP contribution in [0.5, 0.6) is 5.75 Å². The molecule has 8 nitrogen and oxygen atoms in total. The van der Waals surface area contributed by atoms with Crippen molar-refractivity contribution in [1.29, 1.82) is 0 Å². The van der Waals surface area contributed by atoms with Crippen LogP contribution < -0.4 is 10.1 Å². The number of aliphatic carboxylic acids is 1. The number of hydrogen-bond donors (Lipinski definition) is 2. The Hall–Kier alpha value is -5.15. The molecule has 0 saturated heterocycles. The van der Waals surface area contributed by atoms with Crippen LogP contribution in [0.1, 0.15) is 105 Å². The lowest BCUT2D eigenvalue weighted by atomic mass is 9.90. The van der Waals surface area contributed by atoms with E-state index in [1.165, 1.54) is 37.0 Å². The molecule has 55 heavy (non-hydrogen) atoms. The second-order valence-corrected chi connectivity index (χ2v) is 16.3. The van der Waals surface area contributed by atoms with E-state index in [2.05, 4.69) is 43.0 Å². The van der Waals surface area contributed by atoms with Gasteiger partial charge in [0.05, 0.1) is 11.5 Å². The predicted molar refractivity (Wildman–Crippen MR) is 221 cm³/mol. The third kappa shape index (κ3) is 11.7. The number of Topliss-reactive ketones (excluding diaryl/α,β-unsaturated/α-hetero) is 1. The molecular formula is C46H53N3O5S. The first kappa shape index (κ1) is 41.0. The van der Waals surface area contributed by atoms with Gasteiger partial charge in [0.2, 0.25) is 5.91 Å². The van der Waals surface area contributed by atoms with Crippen LogP contribution in [0.15, 0.2) is 103 Å². The highest BCUT2D eigenvalue weighted by Crippen LogP contribution is 2.31. The number of carboxylic acids is 1. The van der Waals surface area contributed by atoms with E-state index < -0.39 is 29.8 Å². The molecule has 3 aromatic carbocycles. The summed E-state index contributed by atoms with van der Waals surface area (Å²) in [5.41, 5.74) is 4.23. The van der Waals surface area contributed by atoms with Crippen molar-refractivity contribution in [1.82, 2.24) is 15.3 Å². The molecule has 2 N–H and O–H groups in total. The summed E-state index contributed by atoms with van der Waals surface area (Å²) in [6, 6.07) is 27.5. The summed E-state index contributed by atoms with van der Waals surface area (Å²) in [7, 11) is 0. The topological polar surface area (TPSA) is 118 Å². The Bertz CT molecular complexity index is 1980. The van der Waals surface area contributed by atoms with E-state index in [9.17, 15) is 19.5 Å². The third-order valence-corrected chi connectivity index (χ3v) is 11.4. The van der Waals surface area contributed by atoms with Gasteiger partial charge in [-0.05, 0) is 59.2 Å². The lowest BCUT2D eigenvalue weighted by Crippen LogP contribution is -2.47. The van der Waals surface area contributed by atoms with E-state index in [4.69, 9.17) is 4.74 Å². The standard InChI is InChI=1S/C46H53N3O5S/c1-6-7-8-9-13-26-54-38-22-20-34(21-23-38)37-29-47-43(48-30-37)35-18-16-32(17-19-35)27-36(28-39(50)40-24-25-41(55-40)46(3,4)5)44(51)49-42(45(52)53)31(2)33-14-11-10-12-15-33/h10-12,14-25,29-31,36,42H,6-9,13,26-28H2,1-5H3,(H,49,51)(H,52,53)/t31?,36-,42?/m1/s1. The zero-order valence-electron chi connectivity index (χ0n) is 32.6. The Morgan fingerprint density at radius 2 is 1.45 bits per heavy atom. The molecule has 0 saturated carbocycles. The van der Waals surface area contributed by atoms with Crippen LogP contribution in [0, 0.1) is 5.92 Å². The highest BCUT2D eigenvalue weighted by Gasteiger charge is 2.32. The van der Waals surface area contributed by atoms with Gasteiger partial charge in [-0.3, -0.25) is 9.59 Å². The van der Waals surface area contributed by atoms with Crippen LogP contribution in [0.3, 0.4) is 0 Å². The summed E-state index contributed by atoms with van der Waals surface area (Å²) >= 11 is 1.44. The summed E-state index contributed by atoms with van der Waals surface area (Å²) in [5.74, 6) is -1.61. The lowest BCUT2D eigenvalue weighted by molar-refractivity contribution is -0.143. The van der Waals surface area contributed by atoms with Crippen LogP contribution in [0.4, 0.5) is 0 Å². The molecular weight excluding hydrogens is 707 g/mol. The second kappa shape index (κ2) is 19.4. The van der Waals surface area contributed by atoms with Gasteiger partial charge >= 0.3 is 5.97 Å². The summed E-state index contributed by atoms with van der Waals surface area (Å²) < 4.78 is 5.91. The summed E-state index contributed by atoms with van der Waals surface area (Å²) in [4.78, 5) is 50.9. The number of nitrogens with one attached hydrogen (secondary N) is 1. The number of amides is 1. The van der Waals surface area contributed by atoms with E-state index in [1.54, 1.807) is 19.3 Å². The Morgan fingerprint density at radius 3 is 2.07 bits per heavy atom. The quantitative estimate of drug-likeness (QED) is 0.0635. The molecule has 5 aromatic rings. The average Bonchev–Trinajstić information content (AvgIpc) is 3.71. The predicted octanol–water partition coefficient (Wildman–Crippen LogP) is 10.3. The van der Waals surface area contributed by atoms with Crippen LogP contribution in [0.25, 0.3) is 22.5 Å². The van der Waals surface area contributed by atoms with Gasteiger partial charge in [-0.15, -0.1) is 11.3 Å². The van der Waals surface area contributed by atoms with Gasteiger partial charge in [0.1, 0.15) is 11.8 Å². The molecule has 288 valence electrons. The van der Waals surface area contributed by atoms with Crippen molar-refractivity contribution in [3.63, 3.8) is 0 Å². The molecule has 9 heteroatoms. The minimum Gasteiger partial charge on any atom is -0.494 e. The summed E-state index contributed by atoms with van der Waals surface area (Å²) in [5, 5.41) is 12.9.